The van der Waals surface area contributed by atoms with E-state index in [0.29, 0.717) is 17.0 Å². The van der Waals surface area contributed by atoms with Gasteiger partial charge in [0.05, 0.1) is 6.26 Å². The summed E-state index contributed by atoms with van der Waals surface area (Å²) in [4.78, 5) is 25.9. The van der Waals surface area contributed by atoms with Crippen LogP contribution in [0.4, 0.5) is 5.69 Å². The molecule has 0 aliphatic heterocycles. The van der Waals surface area contributed by atoms with E-state index < -0.39 is 5.91 Å². The molecule has 0 saturated heterocycles. The lowest BCUT2D eigenvalue weighted by Gasteiger charge is -2.13. The van der Waals surface area contributed by atoms with E-state index in [4.69, 9.17) is 4.42 Å². The van der Waals surface area contributed by atoms with E-state index in [1.165, 1.54) is 12.3 Å². The second-order valence-corrected chi connectivity index (χ2v) is 6.82. The van der Waals surface area contributed by atoms with Crippen molar-refractivity contribution >= 4 is 34.4 Å². The predicted molar refractivity (Wildman–Crippen MR) is 118 cm³/mol. The molecule has 0 saturated carbocycles. The van der Waals surface area contributed by atoms with Gasteiger partial charge in [0.25, 0.3) is 11.8 Å². The maximum Gasteiger partial charge on any atom is 0.272 e. The van der Waals surface area contributed by atoms with Crippen molar-refractivity contribution in [3.8, 4) is 0 Å². The molecule has 0 fully saturated rings. The highest BCUT2D eigenvalue weighted by atomic mass is 16.3. The second kappa shape index (κ2) is 8.49. The van der Waals surface area contributed by atoms with Crippen molar-refractivity contribution in [1.29, 1.82) is 0 Å². The molecule has 5 heteroatoms. The molecule has 2 amide bonds. The van der Waals surface area contributed by atoms with Crippen LogP contribution in [0.2, 0.25) is 0 Å². The summed E-state index contributed by atoms with van der Waals surface area (Å²) in [6.07, 6.45) is 3.02. The van der Waals surface area contributed by atoms with E-state index in [-0.39, 0.29) is 11.6 Å². The minimum absolute atomic E-state index is 0.0890. The fraction of sp³-hybridized carbons (Fsp3) is 0.0400. The van der Waals surface area contributed by atoms with Gasteiger partial charge in [-0.25, -0.2) is 0 Å². The van der Waals surface area contributed by atoms with Crippen molar-refractivity contribution < 1.29 is 14.0 Å². The van der Waals surface area contributed by atoms with Crippen molar-refractivity contribution in [3.05, 3.63) is 108 Å². The Balaban J connectivity index is 1.65. The fourth-order valence-electron chi connectivity index (χ4n) is 3.22. The summed E-state index contributed by atoms with van der Waals surface area (Å²) in [7, 11) is 0. The van der Waals surface area contributed by atoms with Gasteiger partial charge in [-0.05, 0) is 42.1 Å². The third-order valence-electron chi connectivity index (χ3n) is 4.75. The number of furan rings is 1. The molecule has 0 atom stereocenters. The highest BCUT2D eigenvalue weighted by Gasteiger charge is 2.17. The third kappa shape index (κ3) is 4.15. The smallest absolute Gasteiger partial charge is 0.272 e. The number of nitrogens with one attached hydrogen (secondary N) is 2. The molecular formula is C25H20N2O3. The quantitative estimate of drug-likeness (QED) is 0.458. The molecule has 4 rings (SSSR count). The lowest BCUT2D eigenvalue weighted by Crippen LogP contribution is -2.31. The van der Waals surface area contributed by atoms with Crippen LogP contribution in [0.15, 0.2) is 95.2 Å². The van der Waals surface area contributed by atoms with E-state index in [0.717, 1.165) is 16.3 Å². The van der Waals surface area contributed by atoms with Crippen LogP contribution < -0.4 is 10.6 Å². The Morgan fingerprint density at radius 2 is 1.63 bits per heavy atom. The molecule has 148 valence electrons. The summed E-state index contributed by atoms with van der Waals surface area (Å²) in [6, 6.07) is 24.1. The standard InChI is InChI=1S/C25H20N2O3/c1-17-8-2-4-12-20(17)24(28)27-23(16-19-11-7-15-30-19)25(29)26-22-14-6-10-18-9-3-5-13-21(18)22/h2-16H,1H3,(H,26,29)(H,27,28)/b23-16-. The van der Waals surface area contributed by atoms with Crippen LogP contribution in [0.1, 0.15) is 21.7 Å². The largest absolute Gasteiger partial charge is 0.465 e. The fourth-order valence-corrected chi connectivity index (χ4v) is 3.22. The zero-order valence-electron chi connectivity index (χ0n) is 16.4. The van der Waals surface area contributed by atoms with Gasteiger partial charge in [0.2, 0.25) is 0 Å². The average Bonchev–Trinajstić information content (AvgIpc) is 3.27. The Morgan fingerprint density at radius 1 is 0.867 bits per heavy atom. The molecule has 3 aromatic carbocycles. The predicted octanol–water partition coefficient (Wildman–Crippen LogP) is 5.15. The lowest BCUT2D eigenvalue weighted by molar-refractivity contribution is -0.113. The van der Waals surface area contributed by atoms with Gasteiger partial charge in [0.1, 0.15) is 11.5 Å². The number of hydrogen-bond donors (Lipinski definition) is 2. The molecule has 1 heterocycles. The zero-order valence-corrected chi connectivity index (χ0v) is 16.4. The summed E-state index contributed by atoms with van der Waals surface area (Å²) in [5.74, 6) is -0.341. The first-order valence-electron chi connectivity index (χ1n) is 9.53. The Bertz CT molecular complexity index is 1230. The molecule has 0 aliphatic carbocycles. The van der Waals surface area contributed by atoms with Crippen LogP contribution in [-0.4, -0.2) is 11.8 Å². The topological polar surface area (TPSA) is 71.3 Å². The van der Waals surface area contributed by atoms with E-state index in [1.54, 1.807) is 24.3 Å². The summed E-state index contributed by atoms with van der Waals surface area (Å²) in [5.41, 5.74) is 2.07. The Labute approximate surface area is 174 Å². The van der Waals surface area contributed by atoms with Gasteiger partial charge in [0, 0.05) is 22.7 Å². The van der Waals surface area contributed by atoms with Gasteiger partial charge >= 0.3 is 0 Å². The first kappa shape index (κ1) is 19.2. The number of carbonyl (C=O) groups excluding carboxylic acids is 2. The Hall–Kier alpha value is -4.12. The first-order chi connectivity index (χ1) is 14.6. The van der Waals surface area contributed by atoms with Crippen LogP contribution in [0, 0.1) is 6.92 Å². The summed E-state index contributed by atoms with van der Waals surface area (Å²) in [6.45, 7) is 1.85. The summed E-state index contributed by atoms with van der Waals surface area (Å²) >= 11 is 0. The molecule has 0 aliphatic rings. The molecular weight excluding hydrogens is 376 g/mol. The molecule has 0 unspecified atom stereocenters. The van der Waals surface area contributed by atoms with Gasteiger partial charge < -0.3 is 15.1 Å². The lowest BCUT2D eigenvalue weighted by atomic mass is 10.1. The molecule has 5 nitrogen and oxygen atoms in total. The van der Waals surface area contributed by atoms with Crippen molar-refractivity contribution in [2.75, 3.05) is 5.32 Å². The van der Waals surface area contributed by atoms with Crippen LogP contribution in [0.3, 0.4) is 0 Å². The molecule has 0 radical (unpaired) electrons. The van der Waals surface area contributed by atoms with Gasteiger partial charge in [-0.15, -0.1) is 0 Å². The molecule has 2 N–H and O–H groups in total. The molecule has 30 heavy (non-hydrogen) atoms. The van der Waals surface area contributed by atoms with E-state index in [2.05, 4.69) is 10.6 Å². The Morgan fingerprint density at radius 3 is 2.43 bits per heavy atom. The van der Waals surface area contributed by atoms with Crippen molar-refractivity contribution in [2.45, 2.75) is 6.92 Å². The first-order valence-corrected chi connectivity index (χ1v) is 9.53. The van der Waals surface area contributed by atoms with Crippen molar-refractivity contribution in [1.82, 2.24) is 5.32 Å². The molecule has 0 bridgehead atoms. The zero-order chi connectivity index (χ0) is 20.9. The van der Waals surface area contributed by atoms with E-state index >= 15 is 0 Å². The normalized spacial score (nSPS) is 11.3. The number of fused-ring (bicyclic) bond motifs is 1. The molecule has 4 aromatic rings. The number of rotatable bonds is 5. The van der Waals surface area contributed by atoms with Gasteiger partial charge in [-0.3, -0.25) is 9.59 Å². The van der Waals surface area contributed by atoms with Crippen LogP contribution >= 0.6 is 0 Å². The van der Waals surface area contributed by atoms with Gasteiger partial charge in [-0.1, -0.05) is 54.6 Å². The number of benzene rings is 3. The van der Waals surface area contributed by atoms with E-state index in [1.807, 2.05) is 61.5 Å². The average molecular weight is 396 g/mol. The highest BCUT2D eigenvalue weighted by molar-refractivity contribution is 6.13. The van der Waals surface area contributed by atoms with Crippen LogP contribution in [-0.2, 0) is 4.79 Å². The molecule has 1 aromatic heterocycles. The minimum atomic E-state index is -0.440. The van der Waals surface area contributed by atoms with E-state index in [9.17, 15) is 9.59 Å². The van der Waals surface area contributed by atoms with Crippen molar-refractivity contribution in [3.63, 3.8) is 0 Å². The molecule has 0 spiro atoms. The number of anilines is 1. The number of carbonyl (C=O) groups is 2. The van der Waals surface area contributed by atoms with Gasteiger partial charge in [0.15, 0.2) is 0 Å². The van der Waals surface area contributed by atoms with Gasteiger partial charge in [-0.2, -0.15) is 0 Å². The SMILES string of the molecule is Cc1ccccc1C(=O)N/C(=C\c1ccco1)C(=O)Nc1cccc2ccccc12. The maximum absolute atomic E-state index is 13.1. The van der Waals surface area contributed by atoms with Crippen molar-refractivity contribution in [2.24, 2.45) is 0 Å². The Kier molecular flexibility index (Phi) is 5.44. The highest BCUT2D eigenvalue weighted by Crippen LogP contribution is 2.23. The maximum atomic E-state index is 13.1. The third-order valence-corrected chi connectivity index (χ3v) is 4.75. The monoisotopic (exact) mass is 396 g/mol. The van der Waals surface area contributed by atoms with Crippen LogP contribution in [0.25, 0.3) is 16.8 Å². The minimum Gasteiger partial charge on any atom is -0.465 e. The summed E-state index contributed by atoms with van der Waals surface area (Å²) < 4.78 is 5.34. The number of aryl methyl sites for hydroxylation is 1. The number of amides is 2. The number of hydrogen-bond acceptors (Lipinski definition) is 3. The second-order valence-electron chi connectivity index (χ2n) is 6.82. The summed E-state index contributed by atoms with van der Waals surface area (Å²) in [5, 5.41) is 7.56. The van der Waals surface area contributed by atoms with Crippen LogP contribution in [0.5, 0.6) is 0 Å².